The third kappa shape index (κ3) is 2.66. The van der Waals surface area contributed by atoms with Gasteiger partial charge >= 0.3 is 5.97 Å². The summed E-state index contributed by atoms with van der Waals surface area (Å²) < 4.78 is 0. The SMILES string of the molecule is CN1C(=O)CCCC2CN(C(C(=O)O)C(C)(C)C)c3cccc1c32. The topological polar surface area (TPSA) is 60.9 Å². The maximum absolute atomic E-state index is 12.3. The number of hydrogen-bond acceptors (Lipinski definition) is 3. The molecule has 1 N–H and O–H groups in total. The molecule has 0 radical (unpaired) electrons. The van der Waals surface area contributed by atoms with Crippen LogP contribution in [0, 0.1) is 5.41 Å². The van der Waals surface area contributed by atoms with Gasteiger partial charge in [-0.3, -0.25) is 4.79 Å². The molecular weight excluding hydrogens is 304 g/mol. The van der Waals surface area contributed by atoms with Gasteiger partial charge in [0.25, 0.3) is 0 Å². The van der Waals surface area contributed by atoms with E-state index in [1.165, 1.54) is 0 Å². The van der Waals surface area contributed by atoms with Crippen LogP contribution in [0.3, 0.4) is 0 Å². The van der Waals surface area contributed by atoms with Crippen molar-refractivity contribution in [2.24, 2.45) is 5.41 Å². The fourth-order valence-electron chi connectivity index (χ4n) is 4.18. The number of amides is 1. The van der Waals surface area contributed by atoms with Gasteiger partial charge in [0.05, 0.1) is 0 Å². The third-order valence-electron chi connectivity index (χ3n) is 5.24. The first-order chi connectivity index (χ1) is 11.2. The molecule has 1 aromatic rings. The highest BCUT2D eigenvalue weighted by Gasteiger charge is 2.43. The van der Waals surface area contributed by atoms with Crippen molar-refractivity contribution in [1.29, 1.82) is 0 Å². The zero-order chi connectivity index (χ0) is 17.6. The van der Waals surface area contributed by atoms with Crippen LogP contribution in [0.4, 0.5) is 11.4 Å². The Bertz CT molecular complexity index is 678. The number of carbonyl (C=O) groups excluding carboxylic acids is 1. The molecule has 2 unspecified atom stereocenters. The highest BCUT2D eigenvalue weighted by atomic mass is 16.4. The Hall–Kier alpha value is -2.04. The van der Waals surface area contributed by atoms with Crippen LogP contribution in [0.25, 0.3) is 0 Å². The molecular formula is C19H26N2O3. The van der Waals surface area contributed by atoms with Crippen molar-refractivity contribution in [2.75, 3.05) is 23.4 Å². The lowest BCUT2D eigenvalue weighted by molar-refractivity contribution is -0.141. The molecule has 1 amide bonds. The van der Waals surface area contributed by atoms with E-state index in [-0.39, 0.29) is 17.2 Å². The van der Waals surface area contributed by atoms with Crippen molar-refractivity contribution in [1.82, 2.24) is 0 Å². The van der Waals surface area contributed by atoms with Crippen LogP contribution >= 0.6 is 0 Å². The van der Waals surface area contributed by atoms with Crippen molar-refractivity contribution in [3.05, 3.63) is 23.8 Å². The molecule has 24 heavy (non-hydrogen) atoms. The smallest absolute Gasteiger partial charge is 0.326 e. The fourth-order valence-corrected chi connectivity index (χ4v) is 4.18. The lowest BCUT2D eigenvalue weighted by Gasteiger charge is -2.36. The van der Waals surface area contributed by atoms with Crippen LogP contribution in [0.5, 0.6) is 0 Å². The van der Waals surface area contributed by atoms with Crippen molar-refractivity contribution in [3.63, 3.8) is 0 Å². The molecule has 2 heterocycles. The molecule has 3 rings (SSSR count). The summed E-state index contributed by atoms with van der Waals surface area (Å²) in [5.41, 5.74) is 2.67. The second-order valence-electron chi connectivity index (χ2n) is 8.01. The molecule has 0 aliphatic carbocycles. The lowest BCUT2D eigenvalue weighted by Crippen LogP contribution is -2.49. The minimum atomic E-state index is -0.793. The van der Waals surface area contributed by atoms with Crippen LogP contribution in [0.2, 0.25) is 0 Å². The molecule has 0 fully saturated rings. The molecule has 1 aromatic carbocycles. The molecule has 2 atom stereocenters. The number of carboxylic acids is 1. The maximum atomic E-state index is 12.3. The quantitative estimate of drug-likeness (QED) is 0.904. The van der Waals surface area contributed by atoms with E-state index in [9.17, 15) is 14.7 Å². The molecule has 0 spiro atoms. The van der Waals surface area contributed by atoms with Gasteiger partial charge in [0.15, 0.2) is 0 Å². The first-order valence-corrected chi connectivity index (χ1v) is 8.60. The Balaban J connectivity index is 2.12. The predicted molar refractivity (Wildman–Crippen MR) is 94.7 cm³/mol. The average molecular weight is 330 g/mol. The van der Waals surface area contributed by atoms with Crippen LogP contribution < -0.4 is 9.80 Å². The Morgan fingerprint density at radius 1 is 1.29 bits per heavy atom. The Morgan fingerprint density at radius 3 is 2.58 bits per heavy atom. The van der Waals surface area contributed by atoms with E-state index in [1.807, 2.05) is 50.9 Å². The van der Waals surface area contributed by atoms with Gasteiger partial charge in [-0.15, -0.1) is 0 Å². The normalized spacial score (nSPS) is 22.0. The van der Waals surface area contributed by atoms with Gasteiger partial charge in [0, 0.05) is 42.9 Å². The summed E-state index contributed by atoms with van der Waals surface area (Å²) >= 11 is 0. The molecule has 0 aromatic heterocycles. The number of hydrogen-bond donors (Lipinski definition) is 1. The minimum Gasteiger partial charge on any atom is -0.480 e. The monoisotopic (exact) mass is 330 g/mol. The summed E-state index contributed by atoms with van der Waals surface area (Å²) in [6.07, 6.45) is 2.33. The maximum Gasteiger partial charge on any atom is 0.326 e. The number of nitrogens with zero attached hydrogens (tertiary/aromatic N) is 2. The fraction of sp³-hybridized carbons (Fsp3) is 0.579. The van der Waals surface area contributed by atoms with Crippen molar-refractivity contribution in [2.45, 2.75) is 52.0 Å². The van der Waals surface area contributed by atoms with E-state index in [0.717, 1.165) is 29.8 Å². The molecule has 5 nitrogen and oxygen atoms in total. The molecule has 0 saturated carbocycles. The summed E-state index contributed by atoms with van der Waals surface area (Å²) in [6, 6.07) is 5.32. The first-order valence-electron chi connectivity index (χ1n) is 8.60. The van der Waals surface area contributed by atoms with Crippen LogP contribution in [-0.4, -0.2) is 36.6 Å². The van der Waals surface area contributed by atoms with Crippen molar-refractivity contribution < 1.29 is 14.7 Å². The highest BCUT2D eigenvalue weighted by Crippen LogP contribution is 2.47. The molecule has 0 bridgehead atoms. The molecule has 2 aliphatic rings. The van der Waals surface area contributed by atoms with E-state index in [4.69, 9.17) is 0 Å². The Kier molecular flexibility index (Phi) is 4.06. The molecule has 2 aliphatic heterocycles. The largest absolute Gasteiger partial charge is 0.480 e. The number of carbonyl (C=O) groups is 2. The summed E-state index contributed by atoms with van der Waals surface area (Å²) in [5.74, 6) is -0.374. The van der Waals surface area contributed by atoms with Gasteiger partial charge in [0.2, 0.25) is 5.91 Å². The van der Waals surface area contributed by atoms with Gasteiger partial charge < -0.3 is 14.9 Å². The lowest BCUT2D eigenvalue weighted by atomic mass is 9.85. The second kappa shape index (κ2) is 5.80. The zero-order valence-corrected chi connectivity index (χ0v) is 14.9. The Labute approximate surface area is 143 Å². The molecule has 0 saturated heterocycles. The minimum absolute atomic E-state index is 0.130. The third-order valence-corrected chi connectivity index (χ3v) is 5.24. The number of carboxylic acid groups (broad SMARTS) is 1. The van der Waals surface area contributed by atoms with Crippen LogP contribution in [0.1, 0.15) is 51.5 Å². The summed E-state index contributed by atoms with van der Waals surface area (Å²) in [7, 11) is 1.82. The van der Waals surface area contributed by atoms with Crippen molar-refractivity contribution >= 4 is 23.3 Å². The van der Waals surface area contributed by atoms with E-state index in [2.05, 4.69) is 0 Å². The standard InChI is InChI=1S/C19H26N2O3/c1-19(2,3)17(18(23)24)21-11-12-7-5-10-15(22)20(4)13-8-6-9-14(21)16(12)13/h6,8-9,12,17H,5,7,10-11H2,1-4H3,(H,23,24). The van der Waals surface area contributed by atoms with E-state index >= 15 is 0 Å². The molecule has 5 heteroatoms. The van der Waals surface area contributed by atoms with Crippen molar-refractivity contribution in [3.8, 4) is 0 Å². The van der Waals surface area contributed by atoms with Crippen LogP contribution in [-0.2, 0) is 9.59 Å². The van der Waals surface area contributed by atoms with Gasteiger partial charge in [0.1, 0.15) is 6.04 Å². The summed E-state index contributed by atoms with van der Waals surface area (Å²) in [4.78, 5) is 28.0. The number of benzene rings is 1. The van der Waals surface area contributed by atoms with Gasteiger partial charge in [-0.1, -0.05) is 26.8 Å². The predicted octanol–water partition coefficient (Wildman–Crippen LogP) is 3.24. The van der Waals surface area contributed by atoms with E-state index in [1.54, 1.807) is 4.90 Å². The van der Waals surface area contributed by atoms with Gasteiger partial charge in [-0.25, -0.2) is 4.79 Å². The average Bonchev–Trinajstić information content (AvgIpc) is 2.82. The number of aliphatic carboxylic acids is 1. The highest BCUT2D eigenvalue weighted by molar-refractivity contribution is 5.96. The molecule has 130 valence electrons. The summed E-state index contributed by atoms with van der Waals surface area (Å²) in [5, 5.41) is 9.84. The summed E-state index contributed by atoms with van der Waals surface area (Å²) in [6.45, 7) is 6.62. The first kappa shape index (κ1) is 16.8. The van der Waals surface area contributed by atoms with Gasteiger partial charge in [-0.05, 0) is 30.4 Å². The number of anilines is 2. The van der Waals surface area contributed by atoms with E-state index < -0.39 is 12.0 Å². The Morgan fingerprint density at radius 2 is 1.96 bits per heavy atom. The van der Waals surface area contributed by atoms with E-state index in [0.29, 0.717) is 13.0 Å². The second-order valence-corrected chi connectivity index (χ2v) is 8.01. The van der Waals surface area contributed by atoms with Gasteiger partial charge in [-0.2, -0.15) is 0 Å². The number of rotatable bonds is 2. The van der Waals surface area contributed by atoms with Crippen LogP contribution in [0.15, 0.2) is 18.2 Å². The zero-order valence-electron chi connectivity index (χ0n) is 14.9.